The molecule has 0 N–H and O–H groups in total. The summed E-state index contributed by atoms with van der Waals surface area (Å²) in [5.74, 6) is 0.586. The Bertz CT molecular complexity index is 631. The molecule has 196 valence electrons. The third-order valence-electron chi connectivity index (χ3n) is 7.18. The molecule has 0 radical (unpaired) electrons. The maximum Gasteiger partial charge on any atom is 0.305 e. The smallest absolute Gasteiger partial charge is 0.305 e. The number of aryl methyl sites for hydroxylation is 2. The van der Waals surface area contributed by atoms with E-state index in [4.69, 9.17) is 9.47 Å². The average Bonchev–Trinajstić information content (AvgIpc) is 3.46. The molecule has 34 heavy (non-hydrogen) atoms. The van der Waals surface area contributed by atoms with E-state index in [1.165, 1.54) is 83.5 Å². The lowest BCUT2D eigenvalue weighted by Crippen LogP contribution is -2.23. The number of hydrogen-bond acceptors (Lipinski definition) is 3. The third kappa shape index (κ3) is 14.1. The monoisotopic (exact) mass is 477 g/mol. The Balaban J connectivity index is 1.34. The molecule has 0 amide bonds. The molecule has 5 heteroatoms. The van der Waals surface area contributed by atoms with Gasteiger partial charge in [-0.15, -0.1) is 0 Å². The molecule has 1 aliphatic heterocycles. The first-order chi connectivity index (χ1) is 16.7. The highest BCUT2D eigenvalue weighted by molar-refractivity contribution is 5.69. The van der Waals surface area contributed by atoms with Crippen LogP contribution in [0.1, 0.15) is 122 Å². The van der Waals surface area contributed by atoms with Crippen molar-refractivity contribution in [3.63, 3.8) is 0 Å². The zero-order valence-corrected chi connectivity index (χ0v) is 22.4. The van der Waals surface area contributed by atoms with Gasteiger partial charge in [0.2, 0.25) is 6.33 Å². The summed E-state index contributed by atoms with van der Waals surface area (Å²) in [5.41, 5.74) is 0. The molecule has 1 aliphatic rings. The van der Waals surface area contributed by atoms with Gasteiger partial charge in [-0.3, -0.25) is 4.79 Å². The van der Waals surface area contributed by atoms with Crippen LogP contribution in [0, 0.1) is 5.92 Å². The Morgan fingerprint density at radius 1 is 0.941 bits per heavy atom. The zero-order chi connectivity index (χ0) is 24.3. The summed E-state index contributed by atoms with van der Waals surface area (Å²) in [5, 5.41) is 0. The summed E-state index contributed by atoms with van der Waals surface area (Å²) in [6.07, 6.45) is 29.0. The minimum Gasteiger partial charge on any atom is -0.463 e. The third-order valence-corrected chi connectivity index (χ3v) is 7.18. The minimum absolute atomic E-state index is 0.0691. The van der Waals surface area contributed by atoms with Crippen LogP contribution < -0.4 is 4.57 Å². The van der Waals surface area contributed by atoms with Gasteiger partial charge in [-0.1, -0.05) is 84.0 Å². The Kier molecular flexibility index (Phi) is 16.1. The summed E-state index contributed by atoms with van der Waals surface area (Å²) in [7, 11) is 2.03. The lowest BCUT2D eigenvalue weighted by molar-refractivity contribution is -0.671. The fraction of sp³-hybridized carbons (Fsp3) is 0.862. The molecule has 0 aromatic carbocycles. The van der Waals surface area contributed by atoms with Crippen LogP contribution in [0.5, 0.6) is 0 Å². The highest BCUT2D eigenvalue weighted by atomic mass is 16.6. The van der Waals surface area contributed by atoms with Gasteiger partial charge in [0.25, 0.3) is 0 Å². The van der Waals surface area contributed by atoms with Crippen molar-refractivity contribution < 1.29 is 18.8 Å². The van der Waals surface area contributed by atoms with Gasteiger partial charge >= 0.3 is 5.97 Å². The van der Waals surface area contributed by atoms with Gasteiger partial charge in [0.15, 0.2) is 0 Å². The van der Waals surface area contributed by atoms with Crippen molar-refractivity contribution in [2.45, 2.75) is 135 Å². The van der Waals surface area contributed by atoms with Gasteiger partial charge < -0.3 is 9.47 Å². The second-order valence-electron chi connectivity index (χ2n) is 10.5. The van der Waals surface area contributed by atoms with E-state index >= 15 is 0 Å². The standard InChI is InChI=1S/C29H53N2O3/c1-3-4-5-6-7-8-9-10-11-12-13-15-18-27-23-28(33-24-27)25-34-29(32)19-16-14-17-20-31-22-21-30(2)26-31/h21-22,26-28H,3-20,23-25H2,1-2H3/q+1/t27-,28+/m1/s1. The van der Waals surface area contributed by atoms with Crippen LogP contribution in [0.4, 0.5) is 0 Å². The minimum atomic E-state index is -0.0691. The van der Waals surface area contributed by atoms with Gasteiger partial charge in [-0.25, -0.2) is 9.13 Å². The second-order valence-corrected chi connectivity index (χ2v) is 10.5. The molecular formula is C29H53N2O3+. The SMILES string of the molecule is CCCCCCCCCCCCCC[C@H]1CO[C@H](COC(=O)CCCCCn2cc[n+](C)c2)C1. The maximum absolute atomic E-state index is 12.0. The molecule has 5 nitrogen and oxygen atoms in total. The number of carbonyl (C=O) groups excluding carboxylic acids is 1. The summed E-state index contributed by atoms with van der Waals surface area (Å²) >= 11 is 0. The van der Waals surface area contributed by atoms with E-state index in [0.717, 1.165) is 38.8 Å². The van der Waals surface area contributed by atoms with Crippen LogP contribution in [0.25, 0.3) is 0 Å². The topological polar surface area (TPSA) is 44.3 Å². The molecule has 1 aromatic heterocycles. The van der Waals surface area contributed by atoms with Crippen LogP contribution in [0.2, 0.25) is 0 Å². The second kappa shape index (κ2) is 18.9. The first-order valence-corrected chi connectivity index (χ1v) is 14.5. The molecule has 1 saturated heterocycles. The van der Waals surface area contributed by atoms with Crippen molar-refractivity contribution in [2.24, 2.45) is 13.0 Å². The van der Waals surface area contributed by atoms with Crippen LogP contribution in [-0.2, 0) is 27.9 Å². The first-order valence-electron chi connectivity index (χ1n) is 14.5. The molecule has 2 heterocycles. The van der Waals surface area contributed by atoms with E-state index in [0.29, 0.717) is 18.9 Å². The highest BCUT2D eigenvalue weighted by Gasteiger charge is 2.26. The number of imidazole rings is 1. The van der Waals surface area contributed by atoms with E-state index in [-0.39, 0.29) is 12.1 Å². The number of esters is 1. The molecule has 0 bridgehead atoms. The van der Waals surface area contributed by atoms with Crippen LogP contribution in [0.3, 0.4) is 0 Å². The van der Waals surface area contributed by atoms with Gasteiger partial charge in [0, 0.05) is 6.42 Å². The van der Waals surface area contributed by atoms with Crippen molar-refractivity contribution >= 4 is 5.97 Å². The van der Waals surface area contributed by atoms with Crippen LogP contribution >= 0.6 is 0 Å². The fourth-order valence-corrected chi connectivity index (χ4v) is 5.00. The van der Waals surface area contributed by atoms with Gasteiger partial charge in [0.1, 0.15) is 19.0 Å². The average molecular weight is 478 g/mol. The predicted octanol–water partition coefficient (Wildman–Crippen LogP) is 6.91. The van der Waals surface area contributed by atoms with Crippen molar-refractivity contribution in [3.8, 4) is 0 Å². The van der Waals surface area contributed by atoms with Crippen LogP contribution in [-0.4, -0.2) is 29.9 Å². The van der Waals surface area contributed by atoms with E-state index in [1.54, 1.807) is 0 Å². The van der Waals surface area contributed by atoms with Crippen molar-refractivity contribution in [1.82, 2.24) is 4.57 Å². The molecule has 0 spiro atoms. The normalized spacial score (nSPS) is 17.9. The Hall–Kier alpha value is -1.36. The number of ether oxygens (including phenoxy) is 2. The van der Waals surface area contributed by atoms with E-state index in [9.17, 15) is 4.79 Å². The molecule has 0 saturated carbocycles. The van der Waals surface area contributed by atoms with Crippen molar-refractivity contribution in [3.05, 3.63) is 18.7 Å². The summed E-state index contributed by atoms with van der Waals surface area (Å²) in [4.78, 5) is 12.0. The quantitative estimate of drug-likeness (QED) is 0.110. The van der Waals surface area contributed by atoms with Crippen LogP contribution in [0.15, 0.2) is 18.7 Å². The Morgan fingerprint density at radius 3 is 2.24 bits per heavy atom. The molecule has 2 rings (SSSR count). The number of aromatic nitrogens is 2. The molecule has 1 fully saturated rings. The van der Waals surface area contributed by atoms with E-state index in [2.05, 4.69) is 24.0 Å². The summed E-state index contributed by atoms with van der Waals surface area (Å²) in [6.45, 7) is 4.57. The predicted molar refractivity (Wildman–Crippen MR) is 139 cm³/mol. The number of rotatable bonds is 21. The molecule has 2 atom stereocenters. The summed E-state index contributed by atoms with van der Waals surface area (Å²) < 4.78 is 15.6. The van der Waals surface area contributed by atoms with Gasteiger partial charge in [-0.05, 0) is 38.0 Å². The number of unbranched alkanes of at least 4 members (excludes halogenated alkanes) is 13. The van der Waals surface area contributed by atoms with Gasteiger partial charge in [0.05, 0.1) is 26.3 Å². The van der Waals surface area contributed by atoms with E-state index in [1.807, 2.05) is 17.8 Å². The lowest BCUT2D eigenvalue weighted by atomic mass is 9.97. The van der Waals surface area contributed by atoms with Gasteiger partial charge in [-0.2, -0.15) is 0 Å². The fourth-order valence-electron chi connectivity index (χ4n) is 5.00. The Labute approximate surface area is 209 Å². The van der Waals surface area contributed by atoms with E-state index < -0.39 is 0 Å². The zero-order valence-electron chi connectivity index (χ0n) is 22.4. The highest BCUT2D eigenvalue weighted by Crippen LogP contribution is 2.25. The number of nitrogens with zero attached hydrogens (tertiary/aromatic N) is 2. The molecule has 0 aliphatic carbocycles. The molecule has 0 unspecified atom stereocenters. The molecule has 1 aromatic rings. The Morgan fingerprint density at radius 2 is 1.59 bits per heavy atom. The first kappa shape index (κ1) is 28.9. The lowest BCUT2D eigenvalue weighted by Gasteiger charge is -2.11. The number of carbonyl (C=O) groups is 1. The largest absolute Gasteiger partial charge is 0.463 e. The summed E-state index contributed by atoms with van der Waals surface area (Å²) in [6, 6.07) is 0. The number of hydrogen-bond donors (Lipinski definition) is 0. The maximum atomic E-state index is 12.0. The molecular weight excluding hydrogens is 424 g/mol. The van der Waals surface area contributed by atoms with Crippen molar-refractivity contribution in [1.29, 1.82) is 0 Å². The van der Waals surface area contributed by atoms with Crippen molar-refractivity contribution in [2.75, 3.05) is 13.2 Å².